The number of hydrogen-bond acceptors (Lipinski definition) is 13. The Hall–Kier alpha value is -1.62. The third kappa shape index (κ3) is 8.56. The van der Waals surface area contributed by atoms with Crippen LogP contribution in [-0.2, 0) is 42.7 Å². The molecular formula is C40H60O13. The zero-order valence-electron chi connectivity index (χ0n) is 31.2. The fraction of sp³-hybridized carbons (Fsp3) is 0.850. The molecule has 0 aliphatic carbocycles. The first-order valence-electron chi connectivity index (χ1n) is 19.9. The minimum atomic E-state index is -1.10. The van der Waals surface area contributed by atoms with Crippen molar-refractivity contribution in [3.63, 3.8) is 0 Å². The molecular weight excluding hydrogens is 688 g/mol. The van der Waals surface area contributed by atoms with Gasteiger partial charge in [-0.25, -0.2) is 0 Å². The number of Topliss-reactive ketones (excluding diaryl/α,β-unsaturated/α-hetero) is 2. The van der Waals surface area contributed by atoms with Crippen LogP contribution in [-0.4, -0.2) is 143 Å². The summed E-state index contributed by atoms with van der Waals surface area (Å²) in [4.78, 5) is 27.0. The van der Waals surface area contributed by atoms with Crippen molar-refractivity contribution in [1.82, 2.24) is 0 Å². The summed E-state index contributed by atoms with van der Waals surface area (Å²) < 4.78 is 44.3. The molecule has 0 aromatic carbocycles. The van der Waals surface area contributed by atoms with Crippen molar-refractivity contribution in [3.8, 4) is 0 Å². The van der Waals surface area contributed by atoms with Gasteiger partial charge in [0.25, 0.3) is 0 Å². The van der Waals surface area contributed by atoms with E-state index in [1.165, 1.54) is 0 Å². The smallest absolute Gasteiger partial charge is 0.135 e. The van der Waals surface area contributed by atoms with Crippen LogP contribution in [0.3, 0.4) is 0 Å². The number of rotatable bonds is 4. The molecule has 18 atom stereocenters. The maximum Gasteiger partial charge on any atom is 0.135 e. The molecule has 0 amide bonds. The van der Waals surface area contributed by atoms with E-state index >= 15 is 0 Å². The number of carbonyl (C=O) groups is 2. The van der Waals surface area contributed by atoms with E-state index in [1.807, 2.05) is 0 Å². The van der Waals surface area contributed by atoms with E-state index in [-0.39, 0.29) is 79.9 Å². The van der Waals surface area contributed by atoms with Gasteiger partial charge in [0.05, 0.1) is 73.8 Å². The average molecular weight is 749 g/mol. The van der Waals surface area contributed by atoms with E-state index in [0.29, 0.717) is 32.1 Å². The van der Waals surface area contributed by atoms with Crippen LogP contribution in [0, 0.1) is 11.8 Å². The SMILES string of the molecule is C=C1C[C@@H]2CCC(=O)CC3O[C@H]4[C@@H](O)[C@H]5O[C@H](CC[C@@H]5O[C@H]4[C@H]3O)CC(=O)CC3[C@@H](OC)C(C[C@H](O)CO)O[C@H]3C[C@H]3OC(CCC1O2)C[C@@H](C)C3=C. The second kappa shape index (κ2) is 16.9. The Morgan fingerprint density at radius 2 is 1.45 bits per heavy atom. The molecule has 0 saturated carbocycles. The van der Waals surface area contributed by atoms with Crippen LogP contribution in [0.15, 0.2) is 24.3 Å². The normalized spacial score (nSPS) is 47.7. The Kier molecular flexibility index (Phi) is 12.6. The predicted octanol–water partition coefficient (Wildman–Crippen LogP) is 2.27. The zero-order chi connectivity index (χ0) is 37.6. The number of aliphatic hydroxyl groups excluding tert-OH is 4. The van der Waals surface area contributed by atoms with Crippen LogP contribution in [0.1, 0.15) is 90.4 Å². The number of fused-ring (bicyclic) bond motifs is 7. The van der Waals surface area contributed by atoms with Crippen molar-refractivity contribution in [1.29, 1.82) is 0 Å². The largest absolute Gasteiger partial charge is 0.394 e. The van der Waals surface area contributed by atoms with Gasteiger partial charge in [-0.05, 0) is 62.0 Å². The molecule has 53 heavy (non-hydrogen) atoms. The summed E-state index contributed by atoms with van der Waals surface area (Å²) >= 11 is 0. The fourth-order valence-electron chi connectivity index (χ4n) is 10.1. The molecule has 7 aliphatic rings. The predicted molar refractivity (Wildman–Crippen MR) is 189 cm³/mol. The molecule has 13 nitrogen and oxygen atoms in total. The van der Waals surface area contributed by atoms with Crippen LogP contribution in [0.4, 0.5) is 0 Å². The summed E-state index contributed by atoms with van der Waals surface area (Å²) in [7, 11) is 1.58. The van der Waals surface area contributed by atoms with Crippen LogP contribution in [0.2, 0.25) is 0 Å². The summed E-state index contributed by atoms with van der Waals surface area (Å²) in [5.74, 6) is -0.221. The van der Waals surface area contributed by atoms with Crippen molar-refractivity contribution in [3.05, 3.63) is 24.3 Å². The summed E-state index contributed by atoms with van der Waals surface area (Å²) in [6, 6.07) is 0. The Bertz CT molecular complexity index is 1340. The van der Waals surface area contributed by atoms with E-state index in [2.05, 4.69) is 20.1 Å². The molecule has 7 fully saturated rings. The number of methoxy groups -OCH3 is 1. The maximum absolute atomic E-state index is 13.9. The summed E-state index contributed by atoms with van der Waals surface area (Å²) in [5, 5.41) is 42.6. The lowest BCUT2D eigenvalue weighted by Gasteiger charge is -2.46. The van der Waals surface area contributed by atoms with Gasteiger partial charge < -0.3 is 53.6 Å². The number of carbonyl (C=O) groups excluding carboxylic acids is 2. The molecule has 7 saturated heterocycles. The first-order valence-corrected chi connectivity index (χ1v) is 19.9. The molecule has 0 aromatic rings. The first kappa shape index (κ1) is 39.6. The van der Waals surface area contributed by atoms with Crippen LogP contribution in [0.25, 0.3) is 0 Å². The molecule has 7 aliphatic heterocycles. The molecule has 4 N–H and O–H groups in total. The van der Waals surface area contributed by atoms with Gasteiger partial charge in [-0.3, -0.25) is 9.59 Å². The van der Waals surface area contributed by atoms with Gasteiger partial charge in [0, 0.05) is 51.6 Å². The Morgan fingerprint density at radius 1 is 0.736 bits per heavy atom. The monoisotopic (exact) mass is 748 g/mol. The summed E-state index contributed by atoms with van der Waals surface area (Å²) in [5.41, 5.74) is 2.00. The van der Waals surface area contributed by atoms with Crippen LogP contribution >= 0.6 is 0 Å². The highest BCUT2D eigenvalue weighted by Gasteiger charge is 2.57. The fourth-order valence-corrected chi connectivity index (χ4v) is 10.1. The Morgan fingerprint density at radius 3 is 2.23 bits per heavy atom. The highest BCUT2D eigenvalue weighted by atomic mass is 16.6. The first-order chi connectivity index (χ1) is 25.4. The number of ketones is 2. The van der Waals surface area contributed by atoms with Gasteiger partial charge in [-0.1, -0.05) is 20.1 Å². The van der Waals surface area contributed by atoms with Gasteiger partial charge in [0.15, 0.2) is 0 Å². The van der Waals surface area contributed by atoms with Crippen LogP contribution in [0.5, 0.6) is 0 Å². The van der Waals surface area contributed by atoms with Crippen LogP contribution < -0.4 is 0 Å². The van der Waals surface area contributed by atoms with Gasteiger partial charge in [0.2, 0.25) is 0 Å². The van der Waals surface area contributed by atoms with Crippen molar-refractivity contribution in [2.24, 2.45) is 11.8 Å². The highest BCUT2D eigenvalue weighted by Crippen LogP contribution is 2.43. The molecule has 0 aromatic heterocycles. The van der Waals surface area contributed by atoms with Gasteiger partial charge in [0.1, 0.15) is 42.1 Å². The number of hydrogen-bond donors (Lipinski definition) is 4. The lowest BCUT2D eigenvalue weighted by molar-refractivity contribution is -0.259. The quantitative estimate of drug-likeness (QED) is 0.308. The lowest BCUT2D eigenvalue weighted by atomic mass is 9.81. The molecule has 0 spiro atoms. The minimum Gasteiger partial charge on any atom is -0.394 e. The van der Waals surface area contributed by atoms with E-state index in [4.69, 9.17) is 33.2 Å². The molecule has 7 rings (SSSR count). The van der Waals surface area contributed by atoms with Crippen molar-refractivity contribution in [2.45, 2.75) is 188 Å². The van der Waals surface area contributed by atoms with Gasteiger partial charge in [-0.2, -0.15) is 0 Å². The average Bonchev–Trinajstić information content (AvgIpc) is 3.76. The van der Waals surface area contributed by atoms with E-state index in [0.717, 1.165) is 30.4 Å². The molecule has 0 radical (unpaired) electrons. The van der Waals surface area contributed by atoms with E-state index < -0.39 is 79.9 Å². The third-order valence-corrected chi connectivity index (χ3v) is 13.1. The Labute approximate surface area is 312 Å². The maximum atomic E-state index is 13.9. The summed E-state index contributed by atoms with van der Waals surface area (Å²) in [6.07, 6.45) is -3.55. The molecule has 298 valence electrons. The number of aliphatic hydroxyl groups is 4. The molecule has 7 heterocycles. The molecule has 5 unspecified atom stereocenters. The van der Waals surface area contributed by atoms with Crippen molar-refractivity contribution in [2.75, 3.05) is 13.7 Å². The summed E-state index contributed by atoms with van der Waals surface area (Å²) in [6.45, 7) is 10.4. The minimum absolute atomic E-state index is 0.00643. The third-order valence-electron chi connectivity index (χ3n) is 13.1. The van der Waals surface area contributed by atoms with E-state index in [9.17, 15) is 30.0 Å². The highest BCUT2D eigenvalue weighted by molar-refractivity contribution is 5.79. The van der Waals surface area contributed by atoms with Gasteiger partial charge in [-0.15, -0.1) is 0 Å². The lowest BCUT2D eigenvalue weighted by Crippen LogP contribution is -2.61. The van der Waals surface area contributed by atoms with E-state index in [1.54, 1.807) is 7.11 Å². The van der Waals surface area contributed by atoms with Crippen molar-refractivity contribution >= 4 is 11.6 Å². The zero-order valence-corrected chi connectivity index (χ0v) is 31.2. The Balaban J connectivity index is 1.11. The second-order valence-corrected chi connectivity index (χ2v) is 16.8. The standard InChI is InChI=1S/C40H60O13/c1-19-11-26-7-9-29-20(2)12-25(48-29)6-5-22(42)15-33-35(45)39-40(53-33)36(46)38-30(52-39)10-8-27(50-38)13-23(43)14-28-32(17-31(49-26)21(19)3)51-34(37(28)47-4)16-24(44)18-41/h19,24-41,44-46H,2-3,5-18H2,1,4H3/t19-,24+,25+,26?,27-,28?,29?,30+,31-,32+,33?,34?,35+,36+,37-,38+,39+,40+/m1/s1. The second-order valence-electron chi connectivity index (χ2n) is 16.8. The topological polar surface area (TPSA) is 180 Å². The molecule has 8 bridgehead atoms. The van der Waals surface area contributed by atoms with Gasteiger partial charge >= 0.3 is 0 Å². The number of ether oxygens (including phenoxy) is 7. The van der Waals surface area contributed by atoms with Crippen molar-refractivity contribution < 1.29 is 63.2 Å². The molecule has 13 heteroatoms.